The van der Waals surface area contributed by atoms with E-state index < -0.39 is 0 Å². The molecule has 1 heterocycles. The van der Waals surface area contributed by atoms with Crippen LogP contribution in [0.4, 0.5) is 5.69 Å². The smallest absolute Gasteiger partial charge is 0.260 e. The van der Waals surface area contributed by atoms with Gasteiger partial charge < -0.3 is 15.6 Å². The van der Waals surface area contributed by atoms with Crippen LogP contribution in [0.1, 0.15) is 19.7 Å². The molecular weight excluding hydrogens is 256 g/mol. The largest absolute Gasteiger partial charge is 0.334 e. The predicted molar refractivity (Wildman–Crippen MR) is 75.9 cm³/mol. The molecule has 0 saturated heterocycles. The number of carbonyl (C=O) groups excluding carboxylic acids is 1. The number of hydrogen-bond donors (Lipinski definition) is 2. The molecule has 106 valence electrons. The zero-order chi connectivity index (χ0) is 14.7. The number of rotatable bonds is 4. The molecule has 0 aliphatic heterocycles. The van der Waals surface area contributed by atoms with Gasteiger partial charge in [0.2, 0.25) is 5.91 Å². The van der Waals surface area contributed by atoms with Crippen LogP contribution in [-0.2, 0) is 4.79 Å². The summed E-state index contributed by atoms with van der Waals surface area (Å²) in [7, 11) is 0. The molecule has 2 atom stereocenters. The highest BCUT2D eigenvalue weighted by Crippen LogP contribution is 2.26. The van der Waals surface area contributed by atoms with Crippen molar-refractivity contribution in [2.45, 2.75) is 26.8 Å². The lowest BCUT2D eigenvalue weighted by atomic mass is 10.0. The second-order valence-electron chi connectivity index (χ2n) is 4.83. The van der Waals surface area contributed by atoms with E-state index in [4.69, 9.17) is 10.3 Å². The van der Waals surface area contributed by atoms with E-state index in [9.17, 15) is 4.79 Å². The number of aryl methyl sites for hydroxylation is 1. The zero-order valence-corrected chi connectivity index (χ0v) is 11.8. The lowest BCUT2D eigenvalue weighted by Gasteiger charge is -2.16. The quantitative estimate of drug-likeness (QED) is 0.888. The summed E-state index contributed by atoms with van der Waals surface area (Å²) in [4.78, 5) is 16.3. The second-order valence-corrected chi connectivity index (χ2v) is 4.83. The van der Waals surface area contributed by atoms with Crippen LogP contribution in [0, 0.1) is 12.8 Å². The molecule has 20 heavy (non-hydrogen) atoms. The molecule has 2 rings (SSSR count). The fourth-order valence-electron chi connectivity index (χ4n) is 1.67. The molecular formula is C14H18N4O2. The zero-order valence-electron chi connectivity index (χ0n) is 11.8. The van der Waals surface area contributed by atoms with E-state index in [0.29, 0.717) is 23.0 Å². The molecule has 2 unspecified atom stereocenters. The van der Waals surface area contributed by atoms with Crippen molar-refractivity contribution in [3.63, 3.8) is 0 Å². The van der Waals surface area contributed by atoms with E-state index in [1.165, 1.54) is 0 Å². The van der Waals surface area contributed by atoms with E-state index in [2.05, 4.69) is 15.5 Å². The minimum Gasteiger partial charge on any atom is -0.334 e. The molecule has 0 aliphatic carbocycles. The van der Waals surface area contributed by atoms with E-state index in [1.54, 1.807) is 26.8 Å². The number of nitrogens with zero attached hydrogens (tertiary/aromatic N) is 2. The topological polar surface area (TPSA) is 94.0 Å². The molecule has 1 amide bonds. The highest BCUT2D eigenvalue weighted by Gasteiger charge is 2.19. The van der Waals surface area contributed by atoms with Crippen molar-refractivity contribution in [2.24, 2.45) is 11.7 Å². The Morgan fingerprint density at radius 2 is 2.05 bits per heavy atom. The van der Waals surface area contributed by atoms with E-state index >= 15 is 0 Å². The summed E-state index contributed by atoms with van der Waals surface area (Å²) in [5.41, 5.74) is 7.07. The van der Waals surface area contributed by atoms with Gasteiger partial charge in [-0.15, -0.1) is 0 Å². The van der Waals surface area contributed by atoms with Crippen molar-refractivity contribution in [2.75, 3.05) is 5.32 Å². The fourth-order valence-corrected chi connectivity index (χ4v) is 1.67. The number of anilines is 1. The molecule has 0 aliphatic rings. The second kappa shape index (κ2) is 5.83. The molecule has 1 aromatic heterocycles. The maximum Gasteiger partial charge on any atom is 0.260 e. The Kier molecular flexibility index (Phi) is 4.14. The average Bonchev–Trinajstić information content (AvgIpc) is 2.84. The van der Waals surface area contributed by atoms with Crippen LogP contribution in [0.5, 0.6) is 0 Å². The Balaban J connectivity index is 2.27. The summed E-state index contributed by atoms with van der Waals surface area (Å²) in [6.07, 6.45) is 0. The van der Waals surface area contributed by atoms with E-state index in [0.717, 1.165) is 0 Å². The van der Waals surface area contributed by atoms with Crippen LogP contribution in [-0.4, -0.2) is 22.1 Å². The summed E-state index contributed by atoms with van der Waals surface area (Å²) in [6, 6.07) is 7.07. The van der Waals surface area contributed by atoms with Crippen LogP contribution in [0.3, 0.4) is 0 Å². The van der Waals surface area contributed by atoms with Crippen molar-refractivity contribution in [1.82, 2.24) is 10.1 Å². The molecule has 1 aromatic carbocycles. The summed E-state index contributed by atoms with van der Waals surface area (Å²) in [6.45, 7) is 5.34. The van der Waals surface area contributed by atoms with Gasteiger partial charge >= 0.3 is 0 Å². The molecule has 0 spiro atoms. The minimum absolute atomic E-state index is 0.135. The summed E-state index contributed by atoms with van der Waals surface area (Å²) in [5, 5.41) is 6.61. The van der Waals surface area contributed by atoms with Crippen molar-refractivity contribution in [3.8, 4) is 11.5 Å². The third kappa shape index (κ3) is 3.03. The molecule has 2 aromatic rings. The maximum absolute atomic E-state index is 12.1. The van der Waals surface area contributed by atoms with Crippen molar-refractivity contribution in [3.05, 3.63) is 30.1 Å². The number of amides is 1. The first-order valence-electron chi connectivity index (χ1n) is 6.45. The first-order chi connectivity index (χ1) is 9.49. The molecule has 0 bridgehead atoms. The minimum atomic E-state index is -0.285. The van der Waals surface area contributed by atoms with Gasteiger partial charge in [0.1, 0.15) is 0 Å². The Bertz CT molecular complexity index is 607. The SMILES string of the molecule is Cc1noc(-c2ccccc2NC(=O)C(C)C(C)N)n1. The van der Waals surface area contributed by atoms with Crippen LogP contribution in [0.25, 0.3) is 11.5 Å². The summed E-state index contributed by atoms with van der Waals surface area (Å²) in [5.74, 6) is 0.507. The van der Waals surface area contributed by atoms with Crippen molar-refractivity contribution in [1.29, 1.82) is 0 Å². The Hall–Kier alpha value is -2.21. The third-order valence-corrected chi connectivity index (χ3v) is 3.15. The predicted octanol–water partition coefficient (Wildman–Crippen LogP) is 1.97. The lowest BCUT2D eigenvalue weighted by molar-refractivity contribution is -0.119. The van der Waals surface area contributed by atoms with Gasteiger partial charge in [-0.1, -0.05) is 24.2 Å². The van der Waals surface area contributed by atoms with Gasteiger partial charge in [-0.2, -0.15) is 4.98 Å². The Labute approximate surface area is 117 Å². The average molecular weight is 274 g/mol. The number of para-hydroxylation sites is 1. The Morgan fingerprint density at radius 1 is 1.35 bits per heavy atom. The monoisotopic (exact) mass is 274 g/mol. The van der Waals surface area contributed by atoms with Crippen LogP contribution in [0.2, 0.25) is 0 Å². The highest BCUT2D eigenvalue weighted by molar-refractivity contribution is 5.96. The number of benzene rings is 1. The molecule has 0 radical (unpaired) electrons. The van der Waals surface area contributed by atoms with Crippen LogP contribution >= 0.6 is 0 Å². The van der Waals surface area contributed by atoms with Gasteiger partial charge in [0.05, 0.1) is 17.2 Å². The van der Waals surface area contributed by atoms with Gasteiger partial charge in [0.15, 0.2) is 5.82 Å². The number of nitrogens with one attached hydrogen (secondary N) is 1. The highest BCUT2D eigenvalue weighted by atomic mass is 16.5. The lowest BCUT2D eigenvalue weighted by Crippen LogP contribution is -2.34. The molecule has 0 saturated carbocycles. The Morgan fingerprint density at radius 3 is 2.65 bits per heavy atom. The van der Waals surface area contributed by atoms with Crippen molar-refractivity contribution < 1.29 is 9.32 Å². The van der Waals surface area contributed by atoms with E-state index in [1.807, 2.05) is 18.2 Å². The van der Waals surface area contributed by atoms with Gasteiger partial charge in [-0.3, -0.25) is 4.79 Å². The first kappa shape index (κ1) is 14.2. The van der Waals surface area contributed by atoms with Gasteiger partial charge in [-0.05, 0) is 26.0 Å². The number of hydrogen-bond acceptors (Lipinski definition) is 5. The molecule has 0 fully saturated rings. The van der Waals surface area contributed by atoms with Crippen LogP contribution < -0.4 is 11.1 Å². The molecule has 3 N–H and O–H groups in total. The molecule has 6 heteroatoms. The number of aromatic nitrogens is 2. The summed E-state index contributed by atoms with van der Waals surface area (Å²) < 4.78 is 5.14. The standard InChI is InChI=1S/C14H18N4O2/c1-8(9(2)15)13(19)17-12-7-5-4-6-11(12)14-16-10(3)18-20-14/h4-9H,15H2,1-3H3,(H,17,19). The fraction of sp³-hybridized carbons (Fsp3) is 0.357. The van der Waals surface area contributed by atoms with Crippen LogP contribution in [0.15, 0.2) is 28.8 Å². The summed E-state index contributed by atoms with van der Waals surface area (Å²) >= 11 is 0. The van der Waals surface area contributed by atoms with Gasteiger partial charge in [0, 0.05) is 6.04 Å². The third-order valence-electron chi connectivity index (χ3n) is 3.15. The normalized spacial score (nSPS) is 13.8. The van der Waals surface area contributed by atoms with Gasteiger partial charge in [0.25, 0.3) is 5.89 Å². The number of nitrogens with two attached hydrogens (primary N) is 1. The maximum atomic E-state index is 12.1. The number of carbonyl (C=O) groups is 1. The molecule has 6 nitrogen and oxygen atoms in total. The first-order valence-corrected chi connectivity index (χ1v) is 6.45. The van der Waals surface area contributed by atoms with E-state index in [-0.39, 0.29) is 17.9 Å². The van der Waals surface area contributed by atoms with Gasteiger partial charge in [-0.25, -0.2) is 0 Å². The van der Waals surface area contributed by atoms with Crippen molar-refractivity contribution >= 4 is 11.6 Å².